The van der Waals surface area contributed by atoms with Crippen molar-refractivity contribution < 1.29 is 14.3 Å². The van der Waals surface area contributed by atoms with E-state index < -0.39 is 11.7 Å². The van der Waals surface area contributed by atoms with Gasteiger partial charge in [-0.1, -0.05) is 0 Å². The number of carbonyl (C=O) groups is 2. The number of pyridine rings is 1. The van der Waals surface area contributed by atoms with Crippen molar-refractivity contribution in [2.75, 3.05) is 0 Å². The molecule has 1 aromatic rings. The highest BCUT2D eigenvalue weighted by Gasteiger charge is 2.16. The summed E-state index contributed by atoms with van der Waals surface area (Å²) in [5.74, 6) is -0.236. The molecule has 0 radical (unpaired) electrons. The van der Waals surface area contributed by atoms with Crippen LogP contribution in [0.2, 0.25) is 0 Å². The summed E-state index contributed by atoms with van der Waals surface area (Å²) in [4.78, 5) is 26.7. The van der Waals surface area contributed by atoms with Gasteiger partial charge in [0.05, 0.1) is 0 Å². The van der Waals surface area contributed by atoms with E-state index in [9.17, 15) is 9.59 Å². The van der Waals surface area contributed by atoms with Crippen molar-refractivity contribution in [1.29, 1.82) is 5.26 Å². The zero-order chi connectivity index (χ0) is 15.3. The van der Waals surface area contributed by atoms with E-state index in [-0.39, 0.29) is 23.7 Å². The second kappa shape index (κ2) is 6.15. The van der Waals surface area contributed by atoms with Crippen molar-refractivity contribution in [3.05, 3.63) is 29.1 Å². The molecule has 1 amide bonds. The summed E-state index contributed by atoms with van der Waals surface area (Å²) in [6.07, 6.45) is -0.558. The first-order chi connectivity index (χ1) is 9.21. The fourth-order valence-electron chi connectivity index (χ4n) is 1.42. The Kier molecular flexibility index (Phi) is 4.81. The number of aromatic nitrogens is 1. The number of nitrogens with one attached hydrogen (secondary N) is 1. The second-order valence-corrected chi connectivity index (χ2v) is 5.27. The van der Waals surface area contributed by atoms with E-state index in [1.54, 1.807) is 26.8 Å². The summed E-state index contributed by atoms with van der Waals surface area (Å²) < 4.78 is 5.10. The van der Waals surface area contributed by atoms with E-state index in [4.69, 9.17) is 10.00 Å². The van der Waals surface area contributed by atoms with Gasteiger partial charge in [-0.05, 0) is 38.5 Å². The van der Waals surface area contributed by atoms with Gasteiger partial charge in [0.15, 0.2) is 5.78 Å². The van der Waals surface area contributed by atoms with Crippen molar-refractivity contribution in [1.82, 2.24) is 10.3 Å². The number of ketones is 1. The highest BCUT2D eigenvalue weighted by atomic mass is 16.6. The van der Waals surface area contributed by atoms with Crippen LogP contribution in [0.5, 0.6) is 0 Å². The summed E-state index contributed by atoms with van der Waals surface area (Å²) in [5.41, 5.74) is 0.376. The number of rotatable bonds is 3. The van der Waals surface area contributed by atoms with Gasteiger partial charge in [-0.15, -0.1) is 0 Å². The van der Waals surface area contributed by atoms with Crippen LogP contribution in [-0.2, 0) is 11.3 Å². The van der Waals surface area contributed by atoms with Gasteiger partial charge in [0, 0.05) is 13.5 Å². The third-order valence-electron chi connectivity index (χ3n) is 2.20. The summed E-state index contributed by atoms with van der Waals surface area (Å²) in [6.45, 7) is 6.82. The topological polar surface area (TPSA) is 92.1 Å². The summed E-state index contributed by atoms with van der Waals surface area (Å²) >= 11 is 0. The van der Waals surface area contributed by atoms with Crippen LogP contribution in [0.3, 0.4) is 0 Å². The monoisotopic (exact) mass is 275 g/mol. The lowest BCUT2D eigenvalue weighted by Gasteiger charge is -2.19. The largest absolute Gasteiger partial charge is 0.444 e. The fraction of sp³-hybridized carbons (Fsp3) is 0.429. The molecule has 6 nitrogen and oxygen atoms in total. The molecule has 0 saturated carbocycles. The maximum atomic E-state index is 11.5. The van der Waals surface area contributed by atoms with E-state index in [2.05, 4.69) is 10.3 Å². The minimum absolute atomic E-state index is 0.138. The van der Waals surface area contributed by atoms with E-state index in [0.717, 1.165) is 0 Å². The summed E-state index contributed by atoms with van der Waals surface area (Å²) in [5, 5.41) is 11.4. The Morgan fingerprint density at radius 2 is 2.05 bits per heavy atom. The van der Waals surface area contributed by atoms with Crippen LogP contribution in [0.1, 0.15) is 49.4 Å². The zero-order valence-electron chi connectivity index (χ0n) is 12.0. The number of ether oxygens (including phenoxy) is 1. The van der Waals surface area contributed by atoms with E-state index in [0.29, 0.717) is 5.56 Å². The van der Waals surface area contributed by atoms with Crippen LogP contribution in [0.25, 0.3) is 0 Å². The van der Waals surface area contributed by atoms with E-state index >= 15 is 0 Å². The number of alkyl carbamates (subject to hydrolysis) is 1. The normalized spacial score (nSPS) is 10.6. The third-order valence-corrected chi connectivity index (χ3v) is 2.20. The quantitative estimate of drug-likeness (QED) is 0.853. The molecule has 1 N–H and O–H groups in total. The Labute approximate surface area is 117 Å². The number of Topliss-reactive ketones (excluding diaryl/α,β-unsaturated/α-hetero) is 1. The highest BCUT2D eigenvalue weighted by molar-refractivity contribution is 5.92. The fourth-order valence-corrected chi connectivity index (χ4v) is 1.42. The van der Waals surface area contributed by atoms with Crippen LogP contribution in [0, 0.1) is 11.3 Å². The molecule has 0 atom stereocenters. The lowest BCUT2D eigenvalue weighted by molar-refractivity contribution is 0.0523. The Morgan fingerprint density at radius 3 is 2.55 bits per heavy atom. The molecule has 106 valence electrons. The van der Waals surface area contributed by atoms with Gasteiger partial charge in [-0.25, -0.2) is 9.78 Å². The molecule has 0 aliphatic heterocycles. The molecule has 0 aliphatic rings. The van der Waals surface area contributed by atoms with Crippen LogP contribution in [-0.4, -0.2) is 22.5 Å². The maximum Gasteiger partial charge on any atom is 0.407 e. The highest BCUT2D eigenvalue weighted by Crippen LogP contribution is 2.09. The van der Waals surface area contributed by atoms with Crippen LogP contribution in [0.4, 0.5) is 4.79 Å². The second-order valence-electron chi connectivity index (χ2n) is 5.27. The lowest BCUT2D eigenvalue weighted by atomic mass is 10.1. The van der Waals surface area contributed by atoms with Crippen molar-refractivity contribution >= 4 is 11.9 Å². The molecule has 1 aromatic heterocycles. The molecule has 0 aliphatic carbocycles. The molecule has 0 fully saturated rings. The maximum absolute atomic E-state index is 11.5. The van der Waals surface area contributed by atoms with Crippen LogP contribution in [0.15, 0.2) is 12.1 Å². The molecule has 6 heteroatoms. The lowest BCUT2D eigenvalue weighted by Crippen LogP contribution is -2.32. The summed E-state index contributed by atoms with van der Waals surface area (Å²) in [7, 11) is 0. The van der Waals surface area contributed by atoms with E-state index in [1.165, 1.54) is 13.0 Å². The van der Waals surface area contributed by atoms with Gasteiger partial charge in [0.25, 0.3) is 0 Å². The number of carbonyl (C=O) groups excluding carboxylic acids is 2. The van der Waals surface area contributed by atoms with Gasteiger partial charge in [-0.2, -0.15) is 5.26 Å². The minimum atomic E-state index is -0.579. The Morgan fingerprint density at radius 1 is 1.40 bits per heavy atom. The number of amides is 1. The average molecular weight is 275 g/mol. The molecule has 1 rings (SSSR count). The minimum Gasteiger partial charge on any atom is -0.444 e. The molecule has 1 heterocycles. The molecular formula is C14H17N3O3. The Bertz CT molecular complexity index is 568. The SMILES string of the molecule is CC(=O)c1cc(CNC(=O)OC(C)(C)C)cc(C#N)n1. The van der Waals surface area contributed by atoms with Gasteiger partial charge in [0.2, 0.25) is 0 Å². The number of hydrogen-bond donors (Lipinski definition) is 1. The van der Waals surface area contributed by atoms with E-state index in [1.807, 2.05) is 6.07 Å². The first-order valence-electron chi connectivity index (χ1n) is 6.10. The molecular weight excluding hydrogens is 258 g/mol. The van der Waals surface area contributed by atoms with Crippen LogP contribution < -0.4 is 5.32 Å². The molecule has 0 aromatic carbocycles. The smallest absolute Gasteiger partial charge is 0.407 e. The Hall–Kier alpha value is -2.42. The predicted octanol–water partition coefficient (Wildman–Crippen LogP) is 2.18. The molecule has 0 unspecified atom stereocenters. The summed E-state index contributed by atoms with van der Waals surface area (Å²) in [6, 6.07) is 4.94. The molecule has 0 bridgehead atoms. The number of nitriles is 1. The number of hydrogen-bond acceptors (Lipinski definition) is 5. The van der Waals surface area contributed by atoms with Gasteiger partial charge >= 0.3 is 6.09 Å². The average Bonchev–Trinajstić information content (AvgIpc) is 2.33. The zero-order valence-corrected chi connectivity index (χ0v) is 12.0. The van der Waals surface area contributed by atoms with Gasteiger partial charge in [0.1, 0.15) is 23.1 Å². The first kappa shape index (κ1) is 15.6. The van der Waals surface area contributed by atoms with Gasteiger partial charge < -0.3 is 10.1 Å². The standard InChI is InChI=1S/C14H17N3O3/c1-9(18)12-6-10(5-11(7-15)17-12)8-16-13(19)20-14(2,3)4/h5-6H,8H2,1-4H3,(H,16,19). The molecule has 0 saturated heterocycles. The predicted molar refractivity (Wildman–Crippen MR) is 72.0 cm³/mol. The molecule has 0 spiro atoms. The van der Waals surface area contributed by atoms with Gasteiger partial charge in [-0.3, -0.25) is 4.79 Å². The molecule has 20 heavy (non-hydrogen) atoms. The number of nitrogens with zero attached hydrogens (tertiary/aromatic N) is 2. The van der Waals surface area contributed by atoms with Crippen molar-refractivity contribution in [2.45, 2.75) is 39.8 Å². The van der Waals surface area contributed by atoms with Crippen LogP contribution >= 0.6 is 0 Å². The van der Waals surface area contributed by atoms with Crippen molar-refractivity contribution in [2.24, 2.45) is 0 Å². The first-order valence-corrected chi connectivity index (χ1v) is 6.10. The van der Waals surface area contributed by atoms with Crippen molar-refractivity contribution in [3.8, 4) is 6.07 Å². The third kappa shape index (κ3) is 5.06. The Balaban J connectivity index is 2.78. The van der Waals surface area contributed by atoms with Crippen molar-refractivity contribution in [3.63, 3.8) is 0 Å².